The van der Waals surface area contributed by atoms with Gasteiger partial charge in [0.1, 0.15) is 11.3 Å². The minimum Gasteiger partial charge on any atom is -0.497 e. The molecule has 1 aromatic rings. The van der Waals surface area contributed by atoms with Crippen LogP contribution in [0.4, 0.5) is 0 Å². The molecule has 2 aliphatic rings. The largest absolute Gasteiger partial charge is 0.497 e. The maximum Gasteiger partial charge on any atom is 0.244 e. The summed E-state index contributed by atoms with van der Waals surface area (Å²) in [6.07, 6.45) is 1.78. The van der Waals surface area contributed by atoms with Gasteiger partial charge in [0.05, 0.1) is 7.11 Å². The lowest BCUT2D eigenvalue weighted by molar-refractivity contribution is -0.129. The van der Waals surface area contributed by atoms with Crippen LogP contribution in [0.2, 0.25) is 0 Å². The number of amides is 1. The Hall–Kier alpha value is -1.55. The summed E-state index contributed by atoms with van der Waals surface area (Å²) in [6, 6.07) is 6.01. The summed E-state index contributed by atoms with van der Waals surface area (Å²) in [5.74, 6) is 0.904. The number of piperazine rings is 1. The Morgan fingerprint density at radius 1 is 1.35 bits per heavy atom. The van der Waals surface area contributed by atoms with Gasteiger partial charge in [0.2, 0.25) is 5.91 Å². The quantitative estimate of drug-likeness (QED) is 0.743. The smallest absolute Gasteiger partial charge is 0.244 e. The highest BCUT2D eigenvalue weighted by molar-refractivity contribution is 5.90. The Morgan fingerprint density at radius 2 is 2.24 bits per heavy atom. The summed E-state index contributed by atoms with van der Waals surface area (Å²) in [6.45, 7) is 1.53. The fourth-order valence-corrected chi connectivity index (χ4v) is 2.86. The van der Waals surface area contributed by atoms with E-state index in [1.165, 1.54) is 5.56 Å². The third-order valence-corrected chi connectivity index (χ3v) is 3.77. The van der Waals surface area contributed by atoms with Gasteiger partial charge in [0.15, 0.2) is 0 Å². The lowest BCUT2D eigenvalue weighted by atomic mass is 9.89. The van der Waals surface area contributed by atoms with E-state index in [1.807, 2.05) is 12.1 Å². The van der Waals surface area contributed by atoms with Gasteiger partial charge in [0, 0.05) is 13.1 Å². The Morgan fingerprint density at radius 3 is 3.00 bits per heavy atom. The molecule has 2 N–H and O–H groups in total. The molecule has 3 rings (SSSR count). The van der Waals surface area contributed by atoms with Gasteiger partial charge in [-0.05, 0) is 36.1 Å². The van der Waals surface area contributed by atoms with Crippen LogP contribution in [-0.4, -0.2) is 26.1 Å². The van der Waals surface area contributed by atoms with E-state index in [4.69, 9.17) is 4.74 Å². The van der Waals surface area contributed by atoms with Gasteiger partial charge in [0.25, 0.3) is 0 Å². The minimum absolute atomic E-state index is 0.0933. The van der Waals surface area contributed by atoms with Crippen LogP contribution in [0.15, 0.2) is 18.2 Å². The molecule has 17 heavy (non-hydrogen) atoms. The van der Waals surface area contributed by atoms with E-state index in [0.717, 1.165) is 30.7 Å². The molecular formula is C13H16N2O2. The molecule has 1 aliphatic heterocycles. The van der Waals surface area contributed by atoms with Gasteiger partial charge in [-0.1, -0.05) is 6.07 Å². The first-order valence-electron chi connectivity index (χ1n) is 5.97. The number of methoxy groups -OCH3 is 1. The van der Waals surface area contributed by atoms with Crippen LogP contribution >= 0.6 is 0 Å². The predicted octanol–water partition coefficient (Wildman–Crippen LogP) is 0.556. The highest BCUT2D eigenvalue weighted by atomic mass is 16.5. The third-order valence-electron chi connectivity index (χ3n) is 3.77. The number of hydrogen-bond acceptors (Lipinski definition) is 3. The maximum absolute atomic E-state index is 12.2. The molecule has 0 saturated carbocycles. The maximum atomic E-state index is 12.2. The standard InChI is InChI=1S/C13H16N2O2/c1-17-10-3-2-9-4-5-13(11(9)8-10)12(16)14-6-7-15-13/h2-3,8,15H,4-7H2,1H3,(H,14,16). The van der Waals surface area contributed by atoms with Crippen molar-refractivity contribution in [1.82, 2.24) is 10.6 Å². The van der Waals surface area contributed by atoms with Crippen molar-refractivity contribution < 1.29 is 9.53 Å². The van der Waals surface area contributed by atoms with Crippen LogP contribution in [0, 0.1) is 0 Å². The molecule has 1 heterocycles. The van der Waals surface area contributed by atoms with Gasteiger partial charge < -0.3 is 10.1 Å². The van der Waals surface area contributed by atoms with Gasteiger partial charge in [-0.3, -0.25) is 10.1 Å². The van der Waals surface area contributed by atoms with Gasteiger partial charge in [-0.15, -0.1) is 0 Å². The van der Waals surface area contributed by atoms with Crippen LogP contribution in [0.3, 0.4) is 0 Å². The number of carbonyl (C=O) groups is 1. The van der Waals surface area contributed by atoms with Crippen molar-refractivity contribution in [2.45, 2.75) is 18.4 Å². The molecule has 4 nitrogen and oxygen atoms in total. The van der Waals surface area contributed by atoms with Crippen molar-refractivity contribution in [3.8, 4) is 5.75 Å². The number of nitrogens with one attached hydrogen (secondary N) is 2. The van der Waals surface area contributed by atoms with Crippen molar-refractivity contribution in [1.29, 1.82) is 0 Å². The number of hydrogen-bond donors (Lipinski definition) is 2. The molecule has 90 valence electrons. The molecule has 1 aromatic carbocycles. The zero-order valence-corrected chi connectivity index (χ0v) is 9.88. The molecule has 4 heteroatoms. The predicted molar refractivity (Wildman–Crippen MR) is 64.0 cm³/mol. The molecule has 0 aromatic heterocycles. The average Bonchev–Trinajstić information content (AvgIpc) is 2.72. The number of benzene rings is 1. The van der Waals surface area contributed by atoms with E-state index in [2.05, 4.69) is 16.7 Å². The first kappa shape index (κ1) is 10.6. The highest BCUT2D eigenvalue weighted by Crippen LogP contribution is 2.39. The van der Waals surface area contributed by atoms with E-state index >= 15 is 0 Å². The second-order valence-electron chi connectivity index (χ2n) is 4.61. The van der Waals surface area contributed by atoms with Gasteiger partial charge in [-0.25, -0.2) is 0 Å². The zero-order chi connectivity index (χ0) is 11.9. The minimum atomic E-state index is -0.526. The Balaban J connectivity index is 2.09. The molecule has 1 unspecified atom stereocenters. The topological polar surface area (TPSA) is 50.4 Å². The Bertz CT molecular complexity index is 468. The number of ether oxygens (including phenoxy) is 1. The Labute approximate surface area is 100 Å². The lowest BCUT2D eigenvalue weighted by Crippen LogP contribution is -2.59. The summed E-state index contributed by atoms with van der Waals surface area (Å²) in [5.41, 5.74) is 1.80. The van der Waals surface area contributed by atoms with Gasteiger partial charge >= 0.3 is 0 Å². The van der Waals surface area contributed by atoms with Crippen LogP contribution < -0.4 is 15.4 Å². The zero-order valence-electron chi connectivity index (χ0n) is 9.88. The summed E-state index contributed by atoms with van der Waals surface area (Å²) in [7, 11) is 1.65. The van der Waals surface area contributed by atoms with Crippen LogP contribution in [0.1, 0.15) is 17.5 Å². The second kappa shape index (κ2) is 3.74. The normalized spacial score (nSPS) is 26.8. The average molecular weight is 232 g/mol. The van der Waals surface area contributed by atoms with E-state index in [-0.39, 0.29) is 5.91 Å². The van der Waals surface area contributed by atoms with Crippen molar-refractivity contribution in [2.24, 2.45) is 0 Å². The third kappa shape index (κ3) is 1.44. The number of carbonyl (C=O) groups excluding carboxylic acids is 1. The van der Waals surface area contributed by atoms with E-state index in [1.54, 1.807) is 7.11 Å². The molecule has 1 amide bonds. The molecule has 1 saturated heterocycles. The molecular weight excluding hydrogens is 216 g/mol. The fraction of sp³-hybridized carbons (Fsp3) is 0.462. The molecule has 1 atom stereocenters. The van der Waals surface area contributed by atoms with Crippen molar-refractivity contribution in [3.63, 3.8) is 0 Å². The number of aryl methyl sites for hydroxylation is 1. The summed E-state index contributed by atoms with van der Waals surface area (Å²) in [4.78, 5) is 12.2. The monoisotopic (exact) mass is 232 g/mol. The summed E-state index contributed by atoms with van der Waals surface area (Å²) >= 11 is 0. The first-order chi connectivity index (χ1) is 8.26. The Kier molecular flexibility index (Phi) is 2.33. The van der Waals surface area contributed by atoms with Crippen molar-refractivity contribution in [3.05, 3.63) is 29.3 Å². The molecule has 0 bridgehead atoms. The summed E-state index contributed by atoms with van der Waals surface area (Å²) < 4.78 is 5.25. The van der Waals surface area contributed by atoms with E-state index in [9.17, 15) is 4.79 Å². The second-order valence-corrected chi connectivity index (χ2v) is 4.61. The molecule has 1 spiro atoms. The van der Waals surface area contributed by atoms with Crippen LogP contribution in [0.5, 0.6) is 5.75 Å². The lowest BCUT2D eigenvalue weighted by Gasteiger charge is -2.34. The van der Waals surface area contributed by atoms with Crippen LogP contribution in [-0.2, 0) is 16.8 Å². The number of fused-ring (bicyclic) bond motifs is 2. The first-order valence-corrected chi connectivity index (χ1v) is 5.97. The highest BCUT2D eigenvalue weighted by Gasteiger charge is 2.46. The fourth-order valence-electron chi connectivity index (χ4n) is 2.86. The van der Waals surface area contributed by atoms with Crippen molar-refractivity contribution in [2.75, 3.05) is 20.2 Å². The van der Waals surface area contributed by atoms with E-state index in [0.29, 0.717) is 6.54 Å². The van der Waals surface area contributed by atoms with Gasteiger partial charge in [-0.2, -0.15) is 0 Å². The summed E-state index contributed by atoms with van der Waals surface area (Å²) in [5, 5.41) is 6.34. The molecule has 1 fully saturated rings. The number of rotatable bonds is 1. The van der Waals surface area contributed by atoms with Crippen molar-refractivity contribution >= 4 is 5.91 Å². The molecule has 0 radical (unpaired) electrons. The molecule has 1 aliphatic carbocycles. The van der Waals surface area contributed by atoms with E-state index < -0.39 is 5.54 Å². The van der Waals surface area contributed by atoms with Crippen LogP contribution in [0.25, 0.3) is 0 Å². The SMILES string of the molecule is COc1ccc2c(c1)C1(CC2)NCCNC1=O.